The summed E-state index contributed by atoms with van der Waals surface area (Å²) in [7, 11) is 1.33. The van der Waals surface area contributed by atoms with Gasteiger partial charge in [0.05, 0.1) is 24.8 Å². The summed E-state index contributed by atoms with van der Waals surface area (Å²) in [5.41, 5.74) is 4.59. The molecule has 0 saturated heterocycles. The number of rotatable bonds is 2. The quantitative estimate of drug-likeness (QED) is 0.733. The third-order valence-corrected chi connectivity index (χ3v) is 4.36. The summed E-state index contributed by atoms with van der Waals surface area (Å²) in [6.45, 7) is 4.73. The fourth-order valence-corrected chi connectivity index (χ4v) is 3.03. The van der Waals surface area contributed by atoms with E-state index in [1.165, 1.54) is 18.2 Å². The first-order valence-electron chi connectivity index (χ1n) is 7.71. The Labute approximate surface area is 138 Å². The third kappa shape index (κ3) is 2.27. The van der Waals surface area contributed by atoms with E-state index in [2.05, 4.69) is 40.9 Å². The highest BCUT2D eigenvalue weighted by Gasteiger charge is 2.30. The van der Waals surface area contributed by atoms with Crippen LogP contribution in [0.5, 0.6) is 0 Å². The number of carbonyl (C=O) groups is 1. The summed E-state index contributed by atoms with van der Waals surface area (Å²) in [6, 6.07) is 9.59. The Morgan fingerprint density at radius 1 is 1.25 bits per heavy atom. The van der Waals surface area contributed by atoms with Crippen LogP contribution in [0.4, 0.5) is 0 Å². The molecule has 3 aromatic rings. The molecular formula is C18H17N3O3. The Morgan fingerprint density at radius 3 is 2.88 bits per heavy atom. The lowest BCUT2D eigenvalue weighted by Gasteiger charge is -2.18. The number of hydrogen-bond acceptors (Lipinski definition) is 5. The number of methoxy groups -OCH3 is 1. The fraction of sp³-hybridized carbons (Fsp3) is 0.278. The van der Waals surface area contributed by atoms with Crippen molar-refractivity contribution >= 4 is 17.1 Å². The lowest BCUT2D eigenvalue weighted by molar-refractivity contribution is -0.00789. The SMILES string of the molecule is COC(=O)c1ccc2[nH]c(-c3ccc4c(c3)COC4(C)C)nc2n1. The molecular weight excluding hydrogens is 306 g/mol. The van der Waals surface area contributed by atoms with Gasteiger partial charge in [-0.25, -0.2) is 14.8 Å². The van der Waals surface area contributed by atoms with Crippen molar-refractivity contribution in [1.29, 1.82) is 0 Å². The molecule has 0 atom stereocenters. The number of nitrogens with one attached hydrogen (secondary N) is 1. The van der Waals surface area contributed by atoms with Crippen molar-refractivity contribution < 1.29 is 14.3 Å². The molecule has 6 nitrogen and oxygen atoms in total. The maximum absolute atomic E-state index is 11.6. The normalized spacial score (nSPS) is 15.5. The minimum absolute atomic E-state index is 0.243. The molecule has 0 amide bonds. The number of imidazole rings is 1. The van der Waals surface area contributed by atoms with Gasteiger partial charge < -0.3 is 14.5 Å². The van der Waals surface area contributed by atoms with E-state index in [0.717, 1.165) is 11.1 Å². The second-order valence-electron chi connectivity index (χ2n) is 6.32. The average Bonchev–Trinajstić information content (AvgIpc) is 3.14. The Kier molecular flexibility index (Phi) is 3.18. The monoisotopic (exact) mass is 323 g/mol. The van der Waals surface area contributed by atoms with E-state index in [9.17, 15) is 4.79 Å². The van der Waals surface area contributed by atoms with Crippen molar-refractivity contribution in [2.45, 2.75) is 26.1 Å². The molecule has 0 aliphatic carbocycles. The number of carbonyl (C=O) groups excluding carboxylic acids is 1. The van der Waals surface area contributed by atoms with Gasteiger partial charge in [-0.1, -0.05) is 12.1 Å². The zero-order valence-electron chi connectivity index (χ0n) is 13.7. The number of aromatic amines is 1. The first-order chi connectivity index (χ1) is 11.5. The molecule has 1 N–H and O–H groups in total. The van der Waals surface area contributed by atoms with Gasteiger partial charge in [0.2, 0.25) is 0 Å². The van der Waals surface area contributed by atoms with E-state index in [4.69, 9.17) is 9.47 Å². The molecule has 0 spiro atoms. The van der Waals surface area contributed by atoms with Crippen LogP contribution < -0.4 is 0 Å². The Hall–Kier alpha value is -2.73. The standard InChI is InChI=1S/C18H17N3O3/c1-18(2)12-5-4-10(8-11(12)9-24-18)15-19-13-6-7-14(17(22)23-3)20-16(13)21-15/h4-8H,9H2,1-3H3,(H,19,20,21). The first kappa shape index (κ1) is 14.8. The molecule has 0 saturated carbocycles. The van der Waals surface area contributed by atoms with Gasteiger partial charge in [-0.05, 0) is 43.2 Å². The van der Waals surface area contributed by atoms with E-state index >= 15 is 0 Å². The van der Waals surface area contributed by atoms with Gasteiger partial charge in [0.15, 0.2) is 11.3 Å². The number of ether oxygens (including phenoxy) is 2. The van der Waals surface area contributed by atoms with Crippen LogP contribution in [-0.2, 0) is 21.7 Å². The Balaban J connectivity index is 1.76. The highest BCUT2D eigenvalue weighted by Crippen LogP contribution is 2.37. The number of aromatic nitrogens is 3. The minimum atomic E-state index is -0.474. The number of H-pyrrole nitrogens is 1. The molecule has 4 rings (SSSR count). The van der Waals surface area contributed by atoms with Gasteiger partial charge in [-0.15, -0.1) is 0 Å². The molecule has 3 heterocycles. The Bertz CT molecular complexity index is 959. The molecule has 24 heavy (non-hydrogen) atoms. The van der Waals surface area contributed by atoms with Gasteiger partial charge >= 0.3 is 5.97 Å². The van der Waals surface area contributed by atoms with Crippen molar-refractivity contribution in [3.63, 3.8) is 0 Å². The van der Waals surface area contributed by atoms with Crippen LogP contribution in [0.2, 0.25) is 0 Å². The molecule has 0 unspecified atom stereocenters. The van der Waals surface area contributed by atoms with Crippen molar-refractivity contribution in [1.82, 2.24) is 15.0 Å². The molecule has 0 bridgehead atoms. The molecule has 6 heteroatoms. The van der Waals surface area contributed by atoms with Crippen LogP contribution in [0.15, 0.2) is 30.3 Å². The summed E-state index contributed by atoms with van der Waals surface area (Å²) in [4.78, 5) is 23.6. The van der Waals surface area contributed by atoms with Gasteiger partial charge in [0, 0.05) is 5.56 Å². The second kappa shape index (κ2) is 5.14. The van der Waals surface area contributed by atoms with Crippen LogP contribution >= 0.6 is 0 Å². The predicted octanol–water partition coefficient (Wildman–Crippen LogP) is 3.18. The van der Waals surface area contributed by atoms with E-state index in [-0.39, 0.29) is 11.3 Å². The lowest BCUT2D eigenvalue weighted by Crippen LogP contribution is -2.14. The second-order valence-corrected chi connectivity index (χ2v) is 6.32. The number of nitrogens with zero attached hydrogens (tertiary/aromatic N) is 2. The van der Waals surface area contributed by atoms with Crippen molar-refractivity contribution in [3.8, 4) is 11.4 Å². The van der Waals surface area contributed by atoms with Crippen molar-refractivity contribution in [3.05, 3.63) is 47.2 Å². The predicted molar refractivity (Wildman–Crippen MR) is 88.5 cm³/mol. The van der Waals surface area contributed by atoms with Crippen molar-refractivity contribution in [2.24, 2.45) is 0 Å². The molecule has 2 aromatic heterocycles. The molecule has 122 valence electrons. The molecule has 1 aromatic carbocycles. The molecule has 0 radical (unpaired) electrons. The van der Waals surface area contributed by atoms with E-state index in [1.54, 1.807) is 12.1 Å². The van der Waals surface area contributed by atoms with Crippen LogP contribution in [0, 0.1) is 0 Å². The van der Waals surface area contributed by atoms with Gasteiger partial charge in [-0.2, -0.15) is 0 Å². The summed E-state index contributed by atoms with van der Waals surface area (Å²) in [5, 5.41) is 0. The van der Waals surface area contributed by atoms with Crippen LogP contribution in [0.3, 0.4) is 0 Å². The zero-order valence-corrected chi connectivity index (χ0v) is 13.7. The molecule has 1 aliphatic heterocycles. The summed E-state index contributed by atoms with van der Waals surface area (Å²) >= 11 is 0. The van der Waals surface area contributed by atoms with Crippen LogP contribution in [0.25, 0.3) is 22.6 Å². The smallest absolute Gasteiger partial charge is 0.356 e. The third-order valence-electron chi connectivity index (χ3n) is 4.36. The van der Waals surface area contributed by atoms with Gasteiger partial charge in [0.1, 0.15) is 5.82 Å². The fourth-order valence-electron chi connectivity index (χ4n) is 3.03. The highest BCUT2D eigenvalue weighted by atomic mass is 16.5. The van der Waals surface area contributed by atoms with E-state index in [1.807, 2.05) is 6.07 Å². The van der Waals surface area contributed by atoms with E-state index < -0.39 is 5.97 Å². The van der Waals surface area contributed by atoms with Gasteiger partial charge in [0.25, 0.3) is 0 Å². The largest absolute Gasteiger partial charge is 0.464 e. The summed E-state index contributed by atoms with van der Waals surface area (Å²) < 4.78 is 10.5. The van der Waals surface area contributed by atoms with E-state index in [0.29, 0.717) is 18.1 Å². The maximum atomic E-state index is 11.6. The number of fused-ring (bicyclic) bond motifs is 2. The summed E-state index contributed by atoms with van der Waals surface area (Å²) in [6.07, 6.45) is 0. The topological polar surface area (TPSA) is 77.1 Å². The number of hydrogen-bond donors (Lipinski definition) is 1. The molecule has 1 aliphatic rings. The lowest BCUT2D eigenvalue weighted by atomic mass is 9.94. The Morgan fingerprint density at radius 2 is 2.08 bits per heavy atom. The number of benzene rings is 1. The maximum Gasteiger partial charge on any atom is 0.356 e. The number of esters is 1. The number of pyridine rings is 1. The van der Waals surface area contributed by atoms with Crippen molar-refractivity contribution in [2.75, 3.05) is 7.11 Å². The van der Waals surface area contributed by atoms with Crippen LogP contribution in [0.1, 0.15) is 35.5 Å². The zero-order chi connectivity index (χ0) is 16.9. The average molecular weight is 323 g/mol. The van der Waals surface area contributed by atoms with Crippen LogP contribution in [-0.4, -0.2) is 28.0 Å². The highest BCUT2D eigenvalue weighted by molar-refractivity contribution is 5.90. The molecule has 0 fully saturated rings. The summed E-state index contributed by atoms with van der Waals surface area (Å²) in [5.74, 6) is 0.241. The first-order valence-corrected chi connectivity index (χ1v) is 7.71. The van der Waals surface area contributed by atoms with Gasteiger partial charge in [-0.3, -0.25) is 0 Å². The minimum Gasteiger partial charge on any atom is -0.464 e.